The zero-order valence-electron chi connectivity index (χ0n) is 11.4. The first kappa shape index (κ1) is 15.0. The number of likely N-dealkylation sites (N-methyl/N-ethyl adjacent to an activating group) is 1. The maximum atomic E-state index is 11.5. The summed E-state index contributed by atoms with van der Waals surface area (Å²) in [6.45, 7) is 6.52. The van der Waals surface area contributed by atoms with Crippen LogP contribution in [0, 0.1) is 0 Å². The van der Waals surface area contributed by atoms with E-state index < -0.39 is 0 Å². The standard InChI is InChI=1S/C13H23N3OS/c1-4-11(2)16(3)8-7-14-13(17)15-10-12-6-5-9-18-12/h5-6,9,11H,4,7-8,10H2,1-3H3,(H2,14,15,17). The lowest BCUT2D eigenvalue weighted by Gasteiger charge is -2.23. The van der Waals surface area contributed by atoms with Gasteiger partial charge in [0.2, 0.25) is 0 Å². The van der Waals surface area contributed by atoms with E-state index in [1.165, 1.54) is 4.88 Å². The van der Waals surface area contributed by atoms with Gasteiger partial charge in [-0.2, -0.15) is 0 Å². The Bertz CT molecular complexity index is 340. The van der Waals surface area contributed by atoms with Gasteiger partial charge in [0.25, 0.3) is 0 Å². The summed E-state index contributed by atoms with van der Waals surface area (Å²) in [5.74, 6) is 0. The molecule has 0 radical (unpaired) electrons. The molecule has 0 bridgehead atoms. The van der Waals surface area contributed by atoms with Crippen molar-refractivity contribution >= 4 is 17.4 Å². The lowest BCUT2D eigenvalue weighted by molar-refractivity contribution is 0.230. The Balaban J connectivity index is 2.10. The lowest BCUT2D eigenvalue weighted by Crippen LogP contribution is -2.41. The molecule has 2 N–H and O–H groups in total. The van der Waals surface area contributed by atoms with Crippen LogP contribution in [-0.4, -0.2) is 37.1 Å². The van der Waals surface area contributed by atoms with Crippen LogP contribution in [0.25, 0.3) is 0 Å². The molecule has 1 heterocycles. The molecular weight excluding hydrogens is 246 g/mol. The minimum absolute atomic E-state index is 0.0963. The number of carbonyl (C=O) groups excluding carboxylic acids is 1. The molecule has 0 aliphatic rings. The Hall–Kier alpha value is -1.07. The molecule has 4 nitrogen and oxygen atoms in total. The van der Waals surface area contributed by atoms with Gasteiger partial charge in [0, 0.05) is 24.0 Å². The van der Waals surface area contributed by atoms with Crippen LogP contribution >= 0.6 is 11.3 Å². The number of carbonyl (C=O) groups is 1. The zero-order valence-corrected chi connectivity index (χ0v) is 12.2. The average Bonchev–Trinajstić information content (AvgIpc) is 2.88. The number of urea groups is 1. The quantitative estimate of drug-likeness (QED) is 0.797. The molecule has 18 heavy (non-hydrogen) atoms. The number of thiophene rings is 1. The third-order valence-corrected chi connectivity index (χ3v) is 3.97. The molecule has 1 unspecified atom stereocenters. The van der Waals surface area contributed by atoms with Crippen molar-refractivity contribution in [3.63, 3.8) is 0 Å². The molecule has 0 fully saturated rings. The van der Waals surface area contributed by atoms with Crippen molar-refractivity contribution in [2.75, 3.05) is 20.1 Å². The van der Waals surface area contributed by atoms with Crippen LogP contribution in [0.4, 0.5) is 4.79 Å². The fraction of sp³-hybridized carbons (Fsp3) is 0.615. The summed E-state index contributed by atoms with van der Waals surface area (Å²) in [6.07, 6.45) is 1.13. The second-order valence-corrected chi connectivity index (χ2v) is 5.46. The molecule has 1 aromatic rings. The zero-order chi connectivity index (χ0) is 13.4. The minimum Gasteiger partial charge on any atom is -0.337 e. The average molecular weight is 269 g/mol. The van der Waals surface area contributed by atoms with Crippen LogP contribution < -0.4 is 10.6 Å². The molecule has 0 aliphatic heterocycles. The van der Waals surface area contributed by atoms with Gasteiger partial charge in [-0.25, -0.2) is 4.79 Å². The van der Waals surface area contributed by atoms with Crippen molar-refractivity contribution in [3.8, 4) is 0 Å². The van der Waals surface area contributed by atoms with Crippen molar-refractivity contribution in [1.29, 1.82) is 0 Å². The van der Waals surface area contributed by atoms with Gasteiger partial charge in [0.05, 0.1) is 6.54 Å². The molecule has 0 saturated heterocycles. The summed E-state index contributed by atoms with van der Waals surface area (Å²) in [7, 11) is 2.08. The second-order valence-electron chi connectivity index (χ2n) is 4.43. The van der Waals surface area contributed by atoms with Gasteiger partial charge in [-0.1, -0.05) is 13.0 Å². The SMILES string of the molecule is CCC(C)N(C)CCNC(=O)NCc1cccs1. The van der Waals surface area contributed by atoms with Gasteiger partial charge in [-0.15, -0.1) is 11.3 Å². The Morgan fingerprint density at radius 2 is 2.28 bits per heavy atom. The van der Waals surface area contributed by atoms with Gasteiger partial charge in [0.15, 0.2) is 0 Å². The Kier molecular flexibility index (Phi) is 6.75. The molecule has 0 aromatic carbocycles. The first-order chi connectivity index (χ1) is 8.63. The number of nitrogens with zero attached hydrogens (tertiary/aromatic N) is 1. The first-order valence-electron chi connectivity index (χ1n) is 6.37. The van der Waals surface area contributed by atoms with Crippen LogP contribution in [0.15, 0.2) is 17.5 Å². The summed E-state index contributed by atoms with van der Waals surface area (Å²) < 4.78 is 0. The van der Waals surface area contributed by atoms with Gasteiger partial charge >= 0.3 is 6.03 Å². The summed E-state index contributed by atoms with van der Waals surface area (Å²) in [6, 6.07) is 4.46. The van der Waals surface area contributed by atoms with E-state index in [9.17, 15) is 4.79 Å². The monoisotopic (exact) mass is 269 g/mol. The van der Waals surface area contributed by atoms with Crippen LogP contribution in [-0.2, 0) is 6.54 Å². The Morgan fingerprint density at radius 1 is 1.50 bits per heavy atom. The van der Waals surface area contributed by atoms with Gasteiger partial charge < -0.3 is 15.5 Å². The van der Waals surface area contributed by atoms with Crippen molar-refractivity contribution in [1.82, 2.24) is 15.5 Å². The molecule has 1 rings (SSSR count). The van der Waals surface area contributed by atoms with Crippen LogP contribution in [0.2, 0.25) is 0 Å². The molecule has 0 spiro atoms. The van der Waals surface area contributed by atoms with Crippen molar-refractivity contribution in [2.24, 2.45) is 0 Å². The number of rotatable bonds is 7. The van der Waals surface area contributed by atoms with E-state index in [-0.39, 0.29) is 6.03 Å². The minimum atomic E-state index is -0.0963. The predicted octanol–water partition coefficient (Wildman–Crippen LogP) is 2.28. The highest BCUT2D eigenvalue weighted by Gasteiger charge is 2.06. The smallest absolute Gasteiger partial charge is 0.315 e. The summed E-state index contributed by atoms with van der Waals surface area (Å²) in [5.41, 5.74) is 0. The van der Waals surface area contributed by atoms with E-state index in [0.717, 1.165) is 13.0 Å². The fourth-order valence-corrected chi connectivity index (χ4v) is 2.17. The van der Waals surface area contributed by atoms with Gasteiger partial charge in [-0.3, -0.25) is 0 Å². The van der Waals surface area contributed by atoms with Crippen molar-refractivity contribution in [3.05, 3.63) is 22.4 Å². The number of amides is 2. The fourth-order valence-electron chi connectivity index (χ4n) is 1.52. The lowest BCUT2D eigenvalue weighted by atomic mass is 10.2. The molecule has 1 aromatic heterocycles. The Labute approximate surface area is 113 Å². The second kappa shape index (κ2) is 8.11. The molecule has 0 saturated carbocycles. The molecule has 5 heteroatoms. The molecule has 2 amide bonds. The number of hydrogen-bond acceptors (Lipinski definition) is 3. The maximum Gasteiger partial charge on any atom is 0.315 e. The van der Waals surface area contributed by atoms with Crippen LogP contribution in [0.5, 0.6) is 0 Å². The maximum absolute atomic E-state index is 11.5. The van der Waals surface area contributed by atoms with Crippen molar-refractivity contribution in [2.45, 2.75) is 32.9 Å². The highest BCUT2D eigenvalue weighted by atomic mass is 32.1. The van der Waals surface area contributed by atoms with Crippen LogP contribution in [0.1, 0.15) is 25.1 Å². The summed E-state index contributed by atoms with van der Waals surface area (Å²) in [4.78, 5) is 14.9. The molecule has 102 valence electrons. The third kappa shape index (κ3) is 5.51. The highest BCUT2D eigenvalue weighted by Crippen LogP contribution is 2.06. The third-order valence-electron chi connectivity index (χ3n) is 3.10. The summed E-state index contributed by atoms with van der Waals surface area (Å²) >= 11 is 1.65. The molecular formula is C13H23N3OS. The van der Waals surface area contributed by atoms with E-state index in [2.05, 4.69) is 36.4 Å². The van der Waals surface area contributed by atoms with Gasteiger partial charge in [-0.05, 0) is 31.8 Å². The summed E-state index contributed by atoms with van der Waals surface area (Å²) in [5, 5.41) is 7.72. The van der Waals surface area contributed by atoms with E-state index in [1.54, 1.807) is 11.3 Å². The van der Waals surface area contributed by atoms with E-state index in [4.69, 9.17) is 0 Å². The van der Waals surface area contributed by atoms with E-state index >= 15 is 0 Å². The largest absolute Gasteiger partial charge is 0.337 e. The topological polar surface area (TPSA) is 44.4 Å². The first-order valence-corrected chi connectivity index (χ1v) is 7.25. The number of hydrogen-bond donors (Lipinski definition) is 2. The highest BCUT2D eigenvalue weighted by molar-refractivity contribution is 7.09. The predicted molar refractivity (Wildman–Crippen MR) is 76.9 cm³/mol. The van der Waals surface area contributed by atoms with Gasteiger partial charge in [0.1, 0.15) is 0 Å². The Morgan fingerprint density at radius 3 is 2.89 bits per heavy atom. The van der Waals surface area contributed by atoms with Crippen LogP contribution in [0.3, 0.4) is 0 Å². The molecule has 0 aliphatic carbocycles. The normalized spacial score (nSPS) is 12.4. The van der Waals surface area contributed by atoms with Crippen molar-refractivity contribution < 1.29 is 4.79 Å². The number of nitrogens with one attached hydrogen (secondary N) is 2. The van der Waals surface area contributed by atoms with E-state index in [0.29, 0.717) is 19.1 Å². The van der Waals surface area contributed by atoms with E-state index in [1.807, 2.05) is 17.5 Å². The molecule has 1 atom stereocenters.